The molecule has 4 fully saturated rings. The first-order chi connectivity index (χ1) is 11.1. The van der Waals surface area contributed by atoms with Crippen LogP contribution in [0.1, 0.15) is 44.1 Å². The van der Waals surface area contributed by atoms with Crippen LogP contribution in [0.4, 0.5) is 4.39 Å². The topological polar surface area (TPSA) is 29.1 Å². The molecule has 4 aliphatic rings. The molecule has 0 spiro atoms. The van der Waals surface area contributed by atoms with Crippen molar-refractivity contribution >= 4 is 17.7 Å². The Balaban J connectivity index is 1.28. The monoisotopic (exact) mass is 333 g/mol. The highest BCUT2D eigenvalue weighted by Crippen LogP contribution is 2.55. The van der Waals surface area contributed by atoms with E-state index in [1.807, 2.05) is 0 Å². The molecule has 1 N–H and O–H groups in total. The van der Waals surface area contributed by atoms with E-state index in [1.54, 1.807) is 23.9 Å². The Morgan fingerprint density at radius 2 is 1.65 bits per heavy atom. The van der Waals surface area contributed by atoms with E-state index in [9.17, 15) is 9.18 Å². The summed E-state index contributed by atoms with van der Waals surface area (Å²) in [5.74, 6) is 3.79. The summed E-state index contributed by atoms with van der Waals surface area (Å²) in [7, 11) is 0. The zero-order valence-corrected chi connectivity index (χ0v) is 14.2. The average molecular weight is 333 g/mol. The van der Waals surface area contributed by atoms with Crippen LogP contribution in [0.3, 0.4) is 0 Å². The van der Waals surface area contributed by atoms with Crippen LogP contribution in [0.25, 0.3) is 0 Å². The summed E-state index contributed by atoms with van der Waals surface area (Å²) >= 11 is 1.61. The third-order valence-corrected chi connectivity index (χ3v) is 6.86. The van der Waals surface area contributed by atoms with Gasteiger partial charge in [-0.15, -0.1) is 11.8 Å². The highest BCUT2D eigenvalue weighted by molar-refractivity contribution is 7.99. The number of nitrogens with one attached hydrogen (secondary N) is 1. The van der Waals surface area contributed by atoms with Gasteiger partial charge in [0, 0.05) is 11.3 Å². The Morgan fingerprint density at radius 1 is 1.09 bits per heavy atom. The highest BCUT2D eigenvalue weighted by Gasteiger charge is 2.51. The number of hydrogen-bond acceptors (Lipinski definition) is 2. The fourth-order valence-electron chi connectivity index (χ4n) is 5.44. The molecule has 1 aromatic carbocycles. The summed E-state index contributed by atoms with van der Waals surface area (Å²) in [5, 5.41) is 3.40. The van der Waals surface area contributed by atoms with Crippen LogP contribution in [0, 0.1) is 23.6 Å². The zero-order valence-electron chi connectivity index (χ0n) is 13.4. The van der Waals surface area contributed by atoms with Crippen molar-refractivity contribution in [2.75, 3.05) is 5.75 Å². The van der Waals surface area contributed by atoms with Crippen molar-refractivity contribution in [3.05, 3.63) is 35.6 Å². The second-order valence-electron chi connectivity index (χ2n) is 7.87. The molecular formula is C19H24FNOS. The number of carbonyl (C=O) groups excluding carboxylic acids is 1. The van der Waals surface area contributed by atoms with Crippen LogP contribution in [0.5, 0.6) is 0 Å². The first-order valence-electron chi connectivity index (χ1n) is 8.73. The van der Waals surface area contributed by atoms with Crippen molar-refractivity contribution < 1.29 is 9.18 Å². The molecule has 1 aromatic rings. The Labute approximate surface area is 141 Å². The molecule has 0 aliphatic heterocycles. The maximum absolute atomic E-state index is 12.9. The zero-order chi connectivity index (χ0) is 15.9. The van der Waals surface area contributed by atoms with Gasteiger partial charge < -0.3 is 5.32 Å². The van der Waals surface area contributed by atoms with E-state index in [0.717, 1.165) is 29.1 Å². The molecule has 0 heterocycles. The smallest absolute Gasteiger partial charge is 0.230 e. The third kappa shape index (κ3) is 3.42. The van der Waals surface area contributed by atoms with Crippen LogP contribution < -0.4 is 5.32 Å². The van der Waals surface area contributed by atoms with Crippen LogP contribution in [0.15, 0.2) is 24.3 Å². The molecule has 4 aliphatic carbocycles. The molecule has 1 amide bonds. The number of halogens is 1. The van der Waals surface area contributed by atoms with Gasteiger partial charge in [0.1, 0.15) is 5.82 Å². The van der Waals surface area contributed by atoms with Gasteiger partial charge in [-0.2, -0.15) is 0 Å². The molecule has 0 radical (unpaired) electrons. The standard InChI is InChI=1S/C19H24FNOS/c20-17-3-1-13(2-4-17)11-23-12-18(22)21-19-8-14-5-15(9-19)7-16(6-14)10-19/h1-4,14-16H,5-12H2,(H,21,22). The van der Waals surface area contributed by atoms with E-state index < -0.39 is 0 Å². The Kier molecular flexibility index (Phi) is 4.12. The summed E-state index contributed by atoms with van der Waals surface area (Å²) in [4.78, 5) is 12.4. The lowest BCUT2D eigenvalue weighted by Gasteiger charge is -2.56. The highest BCUT2D eigenvalue weighted by atomic mass is 32.2. The van der Waals surface area contributed by atoms with Gasteiger partial charge in [0.2, 0.25) is 5.91 Å². The minimum atomic E-state index is -0.210. The number of thioether (sulfide) groups is 1. The minimum absolute atomic E-state index is 0.113. The summed E-state index contributed by atoms with van der Waals surface area (Å²) in [6, 6.07) is 6.54. The van der Waals surface area contributed by atoms with Crippen molar-refractivity contribution in [1.82, 2.24) is 5.32 Å². The maximum atomic E-state index is 12.9. The van der Waals surface area contributed by atoms with Gasteiger partial charge in [-0.25, -0.2) is 4.39 Å². The summed E-state index contributed by atoms with van der Waals surface area (Å²) in [6.07, 6.45) is 7.80. The number of amides is 1. The summed E-state index contributed by atoms with van der Waals surface area (Å²) in [6.45, 7) is 0. The SMILES string of the molecule is O=C(CSCc1ccc(F)cc1)NC12CC3CC(CC(C3)C1)C2. The van der Waals surface area contributed by atoms with Crippen LogP contribution >= 0.6 is 11.8 Å². The number of benzene rings is 1. The predicted octanol–water partition coefficient (Wildman–Crippen LogP) is 4.14. The second-order valence-corrected chi connectivity index (χ2v) is 8.85. The minimum Gasteiger partial charge on any atom is -0.350 e. The number of hydrogen-bond donors (Lipinski definition) is 1. The molecule has 2 nitrogen and oxygen atoms in total. The largest absolute Gasteiger partial charge is 0.350 e. The van der Waals surface area contributed by atoms with Crippen molar-refractivity contribution in [3.8, 4) is 0 Å². The van der Waals surface area contributed by atoms with E-state index in [0.29, 0.717) is 5.75 Å². The van der Waals surface area contributed by atoms with Crippen molar-refractivity contribution in [3.63, 3.8) is 0 Å². The van der Waals surface area contributed by atoms with E-state index in [-0.39, 0.29) is 17.3 Å². The van der Waals surface area contributed by atoms with Gasteiger partial charge in [-0.05, 0) is 74.0 Å². The Bertz CT molecular complexity index is 550. The lowest BCUT2D eigenvalue weighted by molar-refractivity contribution is -0.124. The van der Waals surface area contributed by atoms with E-state index in [1.165, 1.54) is 50.7 Å². The van der Waals surface area contributed by atoms with E-state index >= 15 is 0 Å². The normalized spacial score (nSPS) is 34.6. The molecule has 23 heavy (non-hydrogen) atoms. The van der Waals surface area contributed by atoms with Gasteiger partial charge in [-0.3, -0.25) is 4.79 Å². The number of carbonyl (C=O) groups is 1. The lowest BCUT2D eigenvalue weighted by Crippen LogP contribution is -2.60. The van der Waals surface area contributed by atoms with Crippen LogP contribution in [-0.4, -0.2) is 17.2 Å². The summed E-state index contributed by atoms with van der Waals surface area (Å²) in [5.41, 5.74) is 1.18. The molecule has 0 atom stereocenters. The van der Waals surface area contributed by atoms with Crippen molar-refractivity contribution in [2.24, 2.45) is 17.8 Å². The molecule has 4 saturated carbocycles. The molecular weight excluding hydrogens is 309 g/mol. The van der Waals surface area contributed by atoms with E-state index in [2.05, 4.69) is 5.32 Å². The van der Waals surface area contributed by atoms with Gasteiger partial charge in [0.05, 0.1) is 5.75 Å². The predicted molar refractivity (Wildman–Crippen MR) is 91.6 cm³/mol. The second kappa shape index (κ2) is 6.12. The van der Waals surface area contributed by atoms with Crippen molar-refractivity contribution in [1.29, 1.82) is 0 Å². The number of rotatable bonds is 5. The molecule has 124 valence electrons. The van der Waals surface area contributed by atoms with E-state index in [4.69, 9.17) is 0 Å². The van der Waals surface area contributed by atoms with Crippen LogP contribution in [-0.2, 0) is 10.5 Å². The third-order valence-electron chi connectivity index (χ3n) is 5.86. The Morgan fingerprint density at radius 3 is 2.22 bits per heavy atom. The van der Waals surface area contributed by atoms with Crippen LogP contribution in [0.2, 0.25) is 0 Å². The van der Waals surface area contributed by atoms with Gasteiger partial charge in [0.15, 0.2) is 0 Å². The molecule has 0 saturated heterocycles. The van der Waals surface area contributed by atoms with Crippen molar-refractivity contribution in [2.45, 2.75) is 49.8 Å². The average Bonchev–Trinajstić information content (AvgIpc) is 2.47. The maximum Gasteiger partial charge on any atom is 0.230 e. The van der Waals surface area contributed by atoms with Gasteiger partial charge >= 0.3 is 0 Å². The van der Waals surface area contributed by atoms with Gasteiger partial charge in [-0.1, -0.05) is 12.1 Å². The first kappa shape index (κ1) is 15.5. The van der Waals surface area contributed by atoms with Gasteiger partial charge in [0.25, 0.3) is 0 Å². The molecule has 4 heteroatoms. The quantitative estimate of drug-likeness (QED) is 0.877. The molecule has 4 bridgehead atoms. The first-order valence-corrected chi connectivity index (χ1v) is 9.89. The fraction of sp³-hybridized carbons (Fsp3) is 0.632. The Hall–Kier alpha value is -1.03. The summed E-state index contributed by atoms with van der Waals surface area (Å²) < 4.78 is 12.9. The molecule has 0 aromatic heterocycles. The molecule has 5 rings (SSSR count). The fourth-order valence-corrected chi connectivity index (χ4v) is 6.23. The molecule has 0 unspecified atom stereocenters. The lowest BCUT2D eigenvalue weighted by atomic mass is 9.53.